The fourth-order valence-corrected chi connectivity index (χ4v) is 1.67. The Bertz CT molecular complexity index is 107. The van der Waals surface area contributed by atoms with Gasteiger partial charge in [0.1, 0.15) is 0 Å². The molecule has 3 nitrogen and oxygen atoms in total. The van der Waals surface area contributed by atoms with Crippen LogP contribution in [-0.2, 0) is 4.74 Å². The molecule has 0 aromatic heterocycles. The molecule has 0 aromatic rings. The maximum absolute atomic E-state index is 5.24. The third kappa shape index (κ3) is 4.30. The van der Waals surface area contributed by atoms with Gasteiger partial charge < -0.3 is 4.74 Å². The van der Waals surface area contributed by atoms with E-state index in [1.165, 1.54) is 11.5 Å². The van der Waals surface area contributed by atoms with Gasteiger partial charge in [-0.3, -0.25) is 5.43 Å². The number of ether oxygens (including phenoxy) is 1. The summed E-state index contributed by atoms with van der Waals surface area (Å²) in [5.41, 5.74) is 3.39. The molecule has 0 aliphatic carbocycles. The number of thioether (sulfide) groups is 1. The number of nitrogens with zero attached hydrogens (tertiary/aromatic N) is 1. The van der Waals surface area contributed by atoms with Gasteiger partial charge in [0.25, 0.3) is 0 Å². The maximum atomic E-state index is 5.24. The molecular weight excluding hydrogens is 172 g/mol. The van der Waals surface area contributed by atoms with Crippen molar-refractivity contribution in [3.8, 4) is 0 Å². The molecule has 4 heteroatoms. The van der Waals surface area contributed by atoms with Crippen molar-refractivity contribution < 1.29 is 4.74 Å². The molecule has 0 amide bonds. The van der Waals surface area contributed by atoms with Crippen molar-refractivity contribution in [2.24, 2.45) is 0 Å². The molecule has 1 heterocycles. The molecule has 0 bridgehead atoms. The predicted molar refractivity (Wildman–Crippen MR) is 53.4 cm³/mol. The molecule has 1 rings (SSSR count). The molecule has 1 aliphatic rings. The van der Waals surface area contributed by atoms with Crippen LogP contribution in [0.4, 0.5) is 0 Å². The predicted octanol–water partition coefficient (Wildman–Crippen LogP) is 0.576. The van der Waals surface area contributed by atoms with Gasteiger partial charge in [0.2, 0.25) is 0 Å². The van der Waals surface area contributed by atoms with Crippen molar-refractivity contribution in [1.29, 1.82) is 0 Å². The molecule has 1 N–H and O–H groups in total. The van der Waals surface area contributed by atoms with Crippen molar-refractivity contribution in [3.05, 3.63) is 0 Å². The molecule has 0 spiro atoms. The quantitative estimate of drug-likeness (QED) is 0.641. The SMILES string of the molecule is CCSCCNN1CCOCC1. The van der Waals surface area contributed by atoms with Crippen LogP contribution in [0.15, 0.2) is 0 Å². The zero-order valence-electron chi connectivity index (χ0n) is 7.71. The highest BCUT2D eigenvalue weighted by molar-refractivity contribution is 7.99. The lowest BCUT2D eigenvalue weighted by Gasteiger charge is -2.27. The molecule has 1 saturated heterocycles. The van der Waals surface area contributed by atoms with E-state index >= 15 is 0 Å². The van der Waals surface area contributed by atoms with Crippen LogP contribution in [0.5, 0.6) is 0 Å². The molecule has 0 unspecified atom stereocenters. The van der Waals surface area contributed by atoms with Gasteiger partial charge in [0.05, 0.1) is 13.2 Å². The van der Waals surface area contributed by atoms with Gasteiger partial charge in [-0.15, -0.1) is 0 Å². The number of morpholine rings is 1. The lowest BCUT2D eigenvalue weighted by atomic mass is 10.5. The first-order valence-corrected chi connectivity index (χ1v) is 5.73. The first kappa shape index (κ1) is 10.3. The standard InChI is InChI=1S/C8H18N2OS/c1-2-12-8-3-9-10-4-6-11-7-5-10/h9H,2-8H2,1H3. The molecule has 0 radical (unpaired) electrons. The molecule has 1 fully saturated rings. The zero-order valence-corrected chi connectivity index (χ0v) is 8.53. The Kier molecular flexibility index (Phi) is 5.77. The van der Waals surface area contributed by atoms with E-state index in [2.05, 4.69) is 17.4 Å². The minimum absolute atomic E-state index is 0.869. The van der Waals surface area contributed by atoms with Gasteiger partial charge in [-0.05, 0) is 5.75 Å². The van der Waals surface area contributed by atoms with Crippen LogP contribution in [0.3, 0.4) is 0 Å². The Morgan fingerprint density at radius 1 is 1.42 bits per heavy atom. The van der Waals surface area contributed by atoms with E-state index in [4.69, 9.17) is 4.74 Å². The lowest BCUT2D eigenvalue weighted by Crippen LogP contribution is -2.46. The van der Waals surface area contributed by atoms with E-state index in [0.29, 0.717) is 0 Å². The fraction of sp³-hybridized carbons (Fsp3) is 1.00. The van der Waals surface area contributed by atoms with Crippen molar-refractivity contribution >= 4 is 11.8 Å². The molecule has 0 aromatic carbocycles. The average molecular weight is 190 g/mol. The Labute approximate surface area is 78.8 Å². The van der Waals surface area contributed by atoms with Gasteiger partial charge in [-0.25, -0.2) is 5.01 Å². The Morgan fingerprint density at radius 3 is 2.83 bits per heavy atom. The van der Waals surface area contributed by atoms with E-state index in [1.807, 2.05) is 11.8 Å². The van der Waals surface area contributed by atoms with E-state index in [-0.39, 0.29) is 0 Å². The van der Waals surface area contributed by atoms with Gasteiger partial charge in [-0.2, -0.15) is 11.8 Å². The lowest BCUT2D eigenvalue weighted by molar-refractivity contribution is 0.0134. The largest absolute Gasteiger partial charge is 0.379 e. The summed E-state index contributed by atoms with van der Waals surface area (Å²) < 4.78 is 5.24. The number of hydrogen-bond donors (Lipinski definition) is 1. The summed E-state index contributed by atoms with van der Waals surface area (Å²) in [6.07, 6.45) is 0. The van der Waals surface area contributed by atoms with E-state index < -0.39 is 0 Å². The molecule has 12 heavy (non-hydrogen) atoms. The highest BCUT2D eigenvalue weighted by Gasteiger charge is 2.07. The van der Waals surface area contributed by atoms with Crippen LogP contribution >= 0.6 is 11.8 Å². The van der Waals surface area contributed by atoms with Crippen molar-refractivity contribution in [1.82, 2.24) is 10.4 Å². The molecule has 0 atom stereocenters. The zero-order chi connectivity index (χ0) is 8.65. The average Bonchev–Trinajstić information content (AvgIpc) is 2.14. The number of rotatable bonds is 5. The van der Waals surface area contributed by atoms with E-state index in [9.17, 15) is 0 Å². The van der Waals surface area contributed by atoms with Gasteiger partial charge in [0, 0.05) is 25.4 Å². The second kappa shape index (κ2) is 6.71. The summed E-state index contributed by atoms with van der Waals surface area (Å²) in [5.74, 6) is 2.42. The molecule has 72 valence electrons. The Balaban J connectivity index is 1.91. The summed E-state index contributed by atoms with van der Waals surface area (Å²) in [7, 11) is 0. The minimum Gasteiger partial charge on any atom is -0.379 e. The van der Waals surface area contributed by atoms with Crippen LogP contribution in [0, 0.1) is 0 Å². The molecular formula is C8H18N2OS. The van der Waals surface area contributed by atoms with Gasteiger partial charge >= 0.3 is 0 Å². The second-order valence-corrected chi connectivity index (χ2v) is 4.10. The van der Waals surface area contributed by atoms with Crippen LogP contribution in [-0.4, -0.2) is 49.4 Å². The summed E-state index contributed by atoms with van der Waals surface area (Å²) in [6.45, 7) is 7.06. The Hall–Kier alpha value is 0.230. The normalized spacial score (nSPS) is 19.8. The topological polar surface area (TPSA) is 24.5 Å². The third-order valence-corrected chi connectivity index (χ3v) is 2.70. The smallest absolute Gasteiger partial charge is 0.0608 e. The van der Waals surface area contributed by atoms with E-state index in [1.54, 1.807) is 0 Å². The van der Waals surface area contributed by atoms with Crippen LogP contribution in [0.25, 0.3) is 0 Å². The van der Waals surface area contributed by atoms with Crippen molar-refractivity contribution in [2.75, 3.05) is 44.4 Å². The van der Waals surface area contributed by atoms with Crippen molar-refractivity contribution in [3.63, 3.8) is 0 Å². The number of hydrogen-bond acceptors (Lipinski definition) is 4. The number of hydrazine groups is 1. The van der Waals surface area contributed by atoms with Crippen LogP contribution in [0.1, 0.15) is 6.92 Å². The summed E-state index contributed by atoms with van der Waals surface area (Å²) in [6, 6.07) is 0. The monoisotopic (exact) mass is 190 g/mol. The van der Waals surface area contributed by atoms with Crippen molar-refractivity contribution in [2.45, 2.75) is 6.92 Å². The number of nitrogens with one attached hydrogen (secondary N) is 1. The third-order valence-electron chi connectivity index (χ3n) is 1.80. The second-order valence-electron chi connectivity index (χ2n) is 2.70. The Morgan fingerprint density at radius 2 is 2.17 bits per heavy atom. The molecule has 1 aliphatic heterocycles. The first-order chi connectivity index (χ1) is 5.93. The summed E-state index contributed by atoms with van der Waals surface area (Å²) >= 11 is 1.98. The fourth-order valence-electron chi connectivity index (χ4n) is 1.14. The molecule has 0 saturated carbocycles. The maximum Gasteiger partial charge on any atom is 0.0608 e. The summed E-state index contributed by atoms with van der Waals surface area (Å²) in [4.78, 5) is 0. The van der Waals surface area contributed by atoms with Gasteiger partial charge in [-0.1, -0.05) is 6.92 Å². The highest BCUT2D eigenvalue weighted by atomic mass is 32.2. The highest BCUT2D eigenvalue weighted by Crippen LogP contribution is 1.97. The van der Waals surface area contributed by atoms with Crippen LogP contribution in [0.2, 0.25) is 0 Å². The minimum atomic E-state index is 0.869. The first-order valence-electron chi connectivity index (χ1n) is 4.57. The summed E-state index contributed by atoms with van der Waals surface area (Å²) in [5, 5.41) is 2.25. The van der Waals surface area contributed by atoms with E-state index in [0.717, 1.165) is 32.8 Å². The van der Waals surface area contributed by atoms with Gasteiger partial charge in [0.15, 0.2) is 0 Å². The van der Waals surface area contributed by atoms with Crippen LogP contribution < -0.4 is 5.43 Å².